The number of aromatic amines is 1. The Labute approximate surface area is 150 Å². The molecule has 1 aromatic carbocycles. The van der Waals surface area contributed by atoms with Crippen molar-refractivity contribution in [1.29, 1.82) is 0 Å². The SMILES string of the molecule is Cc1ccncc1-c1cnc2[nH]cc(-c3ccc4c(c3)CNC4=O)c2c1. The van der Waals surface area contributed by atoms with Gasteiger partial charge in [-0.15, -0.1) is 0 Å². The van der Waals surface area contributed by atoms with E-state index in [0.717, 1.165) is 44.4 Å². The molecule has 4 aromatic rings. The highest BCUT2D eigenvalue weighted by Crippen LogP contribution is 2.33. The lowest BCUT2D eigenvalue weighted by molar-refractivity contribution is 0.0966. The fourth-order valence-corrected chi connectivity index (χ4v) is 3.56. The molecule has 0 spiro atoms. The second kappa shape index (κ2) is 5.52. The number of aryl methyl sites for hydroxylation is 1. The summed E-state index contributed by atoms with van der Waals surface area (Å²) in [6.07, 6.45) is 7.52. The molecule has 26 heavy (non-hydrogen) atoms. The van der Waals surface area contributed by atoms with Crippen molar-refractivity contribution < 1.29 is 4.79 Å². The maximum absolute atomic E-state index is 11.8. The normalized spacial score (nSPS) is 13.0. The monoisotopic (exact) mass is 340 g/mol. The molecule has 2 N–H and O–H groups in total. The van der Waals surface area contributed by atoms with Gasteiger partial charge in [0, 0.05) is 59.0 Å². The molecule has 3 aromatic heterocycles. The summed E-state index contributed by atoms with van der Waals surface area (Å²) in [5.74, 6) is 0.00137. The summed E-state index contributed by atoms with van der Waals surface area (Å²) in [6, 6.07) is 10.1. The zero-order valence-corrected chi connectivity index (χ0v) is 14.2. The topological polar surface area (TPSA) is 70.7 Å². The molecule has 0 aliphatic carbocycles. The van der Waals surface area contributed by atoms with Crippen LogP contribution >= 0.6 is 0 Å². The summed E-state index contributed by atoms with van der Waals surface area (Å²) in [5.41, 5.74) is 8.10. The Morgan fingerprint density at radius 3 is 2.81 bits per heavy atom. The van der Waals surface area contributed by atoms with E-state index in [-0.39, 0.29) is 5.91 Å². The molecule has 1 amide bonds. The van der Waals surface area contributed by atoms with Gasteiger partial charge in [0.2, 0.25) is 0 Å². The van der Waals surface area contributed by atoms with Crippen LogP contribution in [0.15, 0.2) is 55.1 Å². The van der Waals surface area contributed by atoms with Crippen molar-refractivity contribution in [3.05, 3.63) is 71.8 Å². The largest absolute Gasteiger partial charge is 0.348 e. The standard InChI is InChI=1S/C21H16N4O/c1-12-4-5-22-10-18(12)15-7-17-19(11-24-20(17)23-8-15)13-2-3-16-14(6-13)9-25-21(16)26/h2-8,10-11H,9H2,1H3,(H,23,24)(H,25,26). The predicted molar refractivity (Wildman–Crippen MR) is 101 cm³/mol. The van der Waals surface area contributed by atoms with Crippen LogP contribution in [0.4, 0.5) is 0 Å². The third-order valence-electron chi connectivity index (χ3n) is 4.98. The summed E-state index contributed by atoms with van der Waals surface area (Å²) in [6.45, 7) is 2.66. The van der Waals surface area contributed by atoms with Gasteiger partial charge in [0.15, 0.2) is 0 Å². The quantitative estimate of drug-likeness (QED) is 0.582. The van der Waals surface area contributed by atoms with E-state index in [1.54, 1.807) is 6.20 Å². The molecule has 0 fully saturated rings. The molecule has 5 heteroatoms. The summed E-state index contributed by atoms with van der Waals surface area (Å²) in [4.78, 5) is 23.8. The summed E-state index contributed by atoms with van der Waals surface area (Å²) in [7, 11) is 0. The lowest BCUT2D eigenvalue weighted by Crippen LogP contribution is -2.12. The fourth-order valence-electron chi connectivity index (χ4n) is 3.56. The van der Waals surface area contributed by atoms with E-state index in [0.29, 0.717) is 6.54 Å². The number of nitrogens with one attached hydrogen (secondary N) is 2. The van der Waals surface area contributed by atoms with Crippen LogP contribution in [-0.4, -0.2) is 20.9 Å². The zero-order chi connectivity index (χ0) is 17.7. The predicted octanol–water partition coefficient (Wildman–Crippen LogP) is 3.84. The van der Waals surface area contributed by atoms with Crippen LogP contribution in [0.25, 0.3) is 33.3 Å². The first-order valence-electron chi connectivity index (χ1n) is 8.50. The van der Waals surface area contributed by atoms with Gasteiger partial charge in [-0.05, 0) is 47.9 Å². The number of benzene rings is 1. The van der Waals surface area contributed by atoms with Crippen molar-refractivity contribution in [2.45, 2.75) is 13.5 Å². The molecule has 1 aliphatic heterocycles. The van der Waals surface area contributed by atoms with Crippen LogP contribution in [0.5, 0.6) is 0 Å². The third-order valence-corrected chi connectivity index (χ3v) is 4.98. The van der Waals surface area contributed by atoms with Gasteiger partial charge in [-0.2, -0.15) is 0 Å². The zero-order valence-electron chi connectivity index (χ0n) is 14.2. The molecule has 4 heterocycles. The number of aromatic nitrogens is 3. The van der Waals surface area contributed by atoms with Gasteiger partial charge < -0.3 is 10.3 Å². The van der Waals surface area contributed by atoms with E-state index in [4.69, 9.17) is 0 Å². The molecule has 0 unspecified atom stereocenters. The smallest absolute Gasteiger partial charge is 0.251 e. The van der Waals surface area contributed by atoms with E-state index in [1.165, 1.54) is 5.56 Å². The molecule has 126 valence electrons. The minimum atomic E-state index is 0.00137. The number of fused-ring (bicyclic) bond motifs is 2. The van der Waals surface area contributed by atoms with Crippen molar-refractivity contribution in [1.82, 2.24) is 20.3 Å². The molecule has 1 aliphatic rings. The molecule has 0 bridgehead atoms. The first-order chi connectivity index (χ1) is 12.7. The van der Waals surface area contributed by atoms with E-state index in [9.17, 15) is 4.79 Å². The molecule has 5 rings (SSSR count). The van der Waals surface area contributed by atoms with Crippen LogP contribution in [-0.2, 0) is 6.54 Å². The van der Waals surface area contributed by atoms with Crippen LogP contribution in [0.2, 0.25) is 0 Å². The van der Waals surface area contributed by atoms with Crippen LogP contribution in [0.3, 0.4) is 0 Å². The Morgan fingerprint density at radius 2 is 1.92 bits per heavy atom. The number of pyridine rings is 2. The molecule has 0 saturated carbocycles. The number of hydrogen-bond acceptors (Lipinski definition) is 3. The van der Waals surface area contributed by atoms with Crippen LogP contribution < -0.4 is 5.32 Å². The first-order valence-corrected chi connectivity index (χ1v) is 8.50. The summed E-state index contributed by atoms with van der Waals surface area (Å²) in [5, 5.41) is 3.92. The Hall–Kier alpha value is -3.47. The second-order valence-electron chi connectivity index (χ2n) is 6.57. The molecular weight excluding hydrogens is 324 g/mol. The van der Waals surface area contributed by atoms with E-state index in [2.05, 4.69) is 39.3 Å². The van der Waals surface area contributed by atoms with Gasteiger partial charge in [0.1, 0.15) is 5.65 Å². The molecule has 0 radical (unpaired) electrons. The number of hydrogen-bond donors (Lipinski definition) is 2. The van der Waals surface area contributed by atoms with Gasteiger partial charge in [0.25, 0.3) is 5.91 Å². The molecular formula is C21H16N4O. The maximum atomic E-state index is 11.8. The maximum Gasteiger partial charge on any atom is 0.251 e. The van der Waals surface area contributed by atoms with Crippen molar-refractivity contribution in [3.8, 4) is 22.3 Å². The third kappa shape index (κ3) is 2.21. The summed E-state index contributed by atoms with van der Waals surface area (Å²) < 4.78 is 0. The lowest BCUT2D eigenvalue weighted by Gasteiger charge is -2.06. The Kier molecular flexibility index (Phi) is 3.15. The minimum absolute atomic E-state index is 0.00137. The second-order valence-corrected chi connectivity index (χ2v) is 6.57. The van der Waals surface area contributed by atoms with Gasteiger partial charge in [-0.25, -0.2) is 4.98 Å². The molecule has 0 atom stereocenters. The number of nitrogens with zero attached hydrogens (tertiary/aromatic N) is 2. The van der Waals surface area contributed by atoms with Crippen LogP contribution in [0, 0.1) is 6.92 Å². The minimum Gasteiger partial charge on any atom is -0.348 e. The van der Waals surface area contributed by atoms with Crippen molar-refractivity contribution >= 4 is 16.9 Å². The van der Waals surface area contributed by atoms with Gasteiger partial charge in [-0.3, -0.25) is 9.78 Å². The van der Waals surface area contributed by atoms with Crippen molar-refractivity contribution in [2.24, 2.45) is 0 Å². The van der Waals surface area contributed by atoms with Gasteiger partial charge in [-0.1, -0.05) is 6.07 Å². The van der Waals surface area contributed by atoms with Gasteiger partial charge in [0.05, 0.1) is 0 Å². The number of carbonyl (C=O) groups excluding carboxylic acids is 1. The van der Waals surface area contributed by atoms with E-state index < -0.39 is 0 Å². The summed E-state index contributed by atoms with van der Waals surface area (Å²) >= 11 is 0. The highest BCUT2D eigenvalue weighted by atomic mass is 16.1. The Balaban J connectivity index is 1.67. The Bertz CT molecular complexity index is 1180. The van der Waals surface area contributed by atoms with Crippen LogP contribution in [0.1, 0.15) is 21.5 Å². The number of rotatable bonds is 2. The highest BCUT2D eigenvalue weighted by Gasteiger charge is 2.19. The van der Waals surface area contributed by atoms with Crippen molar-refractivity contribution in [3.63, 3.8) is 0 Å². The first kappa shape index (κ1) is 14.8. The highest BCUT2D eigenvalue weighted by molar-refractivity contribution is 6.00. The van der Waals surface area contributed by atoms with E-state index >= 15 is 0 Å². The molecule has 0 saturated heterocycles. The number of H-pyrrole nitrogens is 1. The fraction of sp³-hybridized carbons (Fsp3) is 0.0952. The van der Waals surface area contributed by atoms with Crippen molar-refractivity contribution in [2.75, 3.05) is 0 Å². The Morgan fingerprint density at radius 1 is 1.00 bits per heavy atom. The number of amides is 1. The molecule has 5 nitrogen and oxygen atoms in total. The average molecular weight is 340 g/mol. The number of carbonyl (C=O) groups is 1. The lowest BCUT2D eigenvalue weighted by atomic mass is 9.98. The van der Waals surface area contributed by atoms with E-state index in [1.807, 2.05) is 36.8 Å². The average Bonchev–Trinajstić information content (AvgIpc) is 3.25. The van der Waals surface area contributed by atoms with Gasteiger partial charge >= 0.3 is 0 Å².